The first-order valence-corrected chi connectivity index (χ1v) is 9.57. The van der Waals surface area contributed by atoms with Crippen LogP contribution >= 0.6 is 12.2 Å². The summed E-state index contributed by atoms with van der Waals surface area (Å²) in [6.45, 7) is 3.03. The molecule has 0 radical (unpaired) electrons. The number of halogens is 4. The number of nitriles is 1. The van der Waals surface area contributed by atoms with Crippen molar-refractivity contribution in [3.63, 3.8) is 0 Å². The molecule has 166 valence electrons. The number of nitrogens with zero attached hydrogens (tertiary/aromatic N) is 3. The molecule has 2 amide bonds. The number of carbonyl (C=O) groups is 2. The number of anilines is 2. The van der Waals surface area contributed by atoms with Gasteiger partial charge in [-0.2, -0.15) is 18.4 Å². The van der Waals surface area contributed by atoms with Crippen LogP contribution in [0, 0.1) is 17.1 Å². The highest BCUT2D eigenvalue weighted by Gasteiger charge is 2.50. The van der Waals surface area contributed by atoms with Crippen molar-refractivity contribution in [3.05, 3.63) is 58.9 Å². The van der Waals surface area contributed by atoms with E-state index < -0.39 is 40.5 Å². The molecule has 0 aliphatic carbocycles. The second-order valence-electron chi connectivity index (χ2n) is 7.40. The molecule has 0 spiro atoms. The summed E-state index contributed by atoms with van der Waals surface area (Å²) in [4.78, 5) is 27.2. The zero-order chi connectivity index (χ0) is 24.0. The summed E-state index contributed by atoms with van der Waals surface area (Å²) in [5.74, 6) is -2.06. The number of hydrogen-bond donors (Lipinski definition) is 1. The maximum atomic E-state index is 14.5. The monoisotopic (exact) mass is 464 g/mol. The predicted octanol–water partition coefficient (Wildman–Crippen LogP) is 3.99. The van der Waals surface area contributed by atoms with Gasteiger partial charge < -0.3 is 10.2 Å². The van der Waals surface area contributed by atoms with E-state index in [0.29, 0.717) is 6.07 Å². The normalized spacial score (nSPS) is 15.7. The van der Waals surface area contributed by atoms with Crippen LogP contribution in [0.4, 0.5) is 28.9 Å². The van der Waals surface area contributed by atoms with Gasteiger partial charge in [-0.1, -0.05) is 0 Å². The molecule has 6 nitrogen and oxygen atoms in total. The highest BCUT2D eigenvalue weighted by atomic mass is 32.1. The molecule has 3 rings (SSSR count). The molecule has 1 saturated heterocycles. The van der Waals surface area contributed by atoms with Gasteiger partial charge in [0.2, 0.25) is 0 Å². The fourth-order valence-electron chi connectivity index (χ4n) is 3.43. The summed E-state index contributed by atoms with van der Waals surface area (Å²) in [5.41, 5.74) is -3.18. The van der Waals surface area contributed by atoms with E-state index in [-0.39, 0.29) is 22.1 Å². The van der Waals surface area contributed by atoms with Gasteiger partial charge in [-0.3, -0.25) is 14.5 Å². The van der Waals surface area contributed by atoms with Crippen LogP contribution in [0.3, 0.4) is 0 Å². The standard InChI is InChI=1S/C21H16F4N4O2S/c1-20(2)18(31)28(12-5-7-15(21(23,24)25)11(8-12)10-26)19(32)29(20)13-4-6-14(16(22)9-13)17(30)27-3/h4-9H,1-3H3,(H,27,30). The molecule has 0 atom stereocenters. The SMILES string of the molecule is CNC(=O)c1ccc(N2C(=S)N(c3ccc(C(F)(F)F)c(C#N)c3)C(=O)C2(C)C)cc1F. The lowest BCUT2D eigenvalue weighted by atomic mass is 10.0. The van der Waals surface area contributed by atoms with Crippen LogP contribution in [0.15, 0.2) is 36.4 Å². The second-order valence-corrected chi connectivity index (χ2v) is 7.77. The van der Waals surface area contributed by atoms with E-state index in [1.54, 1.807) is 0 Å². The van der Waals surface area contributed by atoms with E-state index in [4.69, 9.17) is 17.5 Å². The molecule has 0 aromatic heterocycles. The molecule has 0 bridgehead atoms. The van der Waals surface area contributed by atoms with E-state index >= 15 is 0 Å². The van der Waals surface area contributed by atoms with Crippen molar-refractivity contribution in [2.24, 2.45) is 0 Å². The minimum atomic E-state index is -4.74. The van der Waals surface area contributed by atoms with Gasteiger partial charge in [-0.15, -0.1) is 0 Å². The summed E-state index contributed by atoms with van der Waals surface area (Å²) in [5, 5.41) is 11.4. The third kappa shape index (κ3) is 3.67. The summed E-state index contributed by atoms with van der Waals surface area (Å²) >= 11 is 5.41. The van der Waals surface area contributed by atoms with Gasteiger partial charge in [0.25, 0.3) is 11.8 Å². The lowest BCUT2D eigenvalue weighted by Crippen LogP contribution is -2.44. The Balaban J connectivity index is 2.07. The number of rotatable bonds is 3. The van der Waals surface area contributed by atoms with Crippen molar-refractivity contribution >= 4 is 40.5 Å². The quantitative estimate of drug-likeness (QED) is 0.549. The first-order valence-electron chi connectivity index (χ1n) is 9.16. The largest absolute Gasteiger partial charge is 0.417 e. The summed E-state index contributed by atoms with van der Waals surface area (Å²) in [6.07, 6.45) is -4.74. The Morgan fingerprint density at radius 3 is 2.31 bits per heavy atom. The molecule has 2 aromatic carbocycles. The third-order valence-corrected chi connectivity index (χ3v) is 5.40. The molecule has 0 unspecified atom stereocenters. The van der Waals surface area contributed by atoms with Gasteiger partial charge in [0.05, 0.1) is 28.4 Å². The minimum Gasteiger partial charge on any atom is -0.355 e. The Kier molecular flexibility index (Phi) is 5.69. The highest BCUT2D eigenvalue weighted by molar-refractivity contribution is 7.81. The highest BCUT2D eigenvalue weighted by Crippen LogP contribution is 2.39. The first kappa shape index (κ1) is 23.1. The van der Waals surface area contributed by atoms with Crippen LogP contribution in [-0.2, 0) is 11.0 Å². The van der Waals surface area contributed by atoms with Crippen LogP contribution in [0.25, 0.3) is 0 Å². The number of carbonyl (C=O) groups excluding carboxylic acids is 2. The Morgan fingerprint density at radius 2 is 1.78 bits per heavy atom. The Morgan fingerprint density at radius 1 is 1.16 bits per heavy atom. The molecule has 1 aliphatic rings. The molecule has 11 heteroatoms. The third-order valence-electron chi connectivity index (χ3n) is 5.04. The van der Waals surface area contributed by atoms with Crippen molar-refractivity contribution < 1.29 is 27.2 Å². The zero-order valence-electron chi connectivity index (χ0n) is 17.0. The molecule has 0 saturated carbocycles. The Hall–Kier alpha value is -3.52. The lowest BCUT2D eigenvalue weighted by molar-refractivity contribution is -0.137. The maximum absolute atomic E-state index is 14.5. The van der Waals surface area contributed by atoms with Gasteiger partial charge in [0.15, 0.2) is 5.11 Å². The van der Waals surface area contributed by atoms with Gasteiger partial charge >= 0.3 is 6.18 Å². The predicted molar refractivity (Wildman–Crippen MR) is 113 cm³/mol. The summed E-state index contributed by atoms with van der Waals surface area (Å²) in [7, 11) is 1.35. The Bertz CT molecular complexity index is 1190. The van der Waals surface area contributed by atoms with E-state index in [9.17, 15) is 27.2 Å². The van der Waals surface area contributed by atoms with E-state index in [2.05, 4.69) is 5.32 Å². The van der Waals surface area contributed by atoms with Gasteiger partial charge in [-0.25, -0.2) is 4.39 Å². The van der Waals surface area contributed by atoms with Crippen molar-refractivity contribution in [3.8, 4) is 6.07 Å². The number of alkyl halides is 3. The van der Waals surface area contributed by atoms with E-state index in [0.717, 1.165) is 23.1 Å². The number of amides is 2. The summed E-state index contributed by atoms with van der Waals surface area (Å²) in [6, 6.07) is 7.86. The molecular weight excluding hydrogens is 448 g/mol. The topological polar surface area (TPSA) is 76.4 Å². The van der Waals surface area contributed by atoms with Crippen molar-refractivity contribution in [2.45, 2.75) is 25.6 Å². The van der Waals surface area contributed by atoms with Crippen LogP contribution in [0.1, 0.15) is 35.3 Å². The van der Waals surface area contributed by atoms with Crippen LogP contribution < -0.4 is 15.1 Å². The van der Waals surface area contributed by atoms with Crippen molar-refractivity contribution in [1.29, 1.82) is 5.26 Å². The van der Waals surface area contributed by atoms with E-state index in [1.165, 1.54) is 44.0 Å². The number of thiocarbonyl (C=S) groups is 1. The molecule has 1 aliphatic heterocycles. The maximum Gasteiger partial charge on any atom is 0.417 e. The lowest BCUT2D eigenvalue weighted by Gasteiger charge is -2.29. The van der Waals surface area contributed by atoms with E-state index in [1.807, 2.05) is 0 Å². The molecule has 32 heavy (non-hydrogen) atoms. The molecule has 1 N–H and O–H groups in total. The molecule has 1 heterocycles. The zero-order valence-corrected chi connectivity index (χ0v) is 17.9. The first-order chi connectivity index (χ1) is 14.8. The van der Waals surface area contributed by atoms with Crippen molar-refractivity contribution in [2.75, 3.05) is 16.8 Å². The van der Waals surface area contributed by atoms with Crippen molar-refractivity contribution in [1.82, 2.24) is 5.32 Å². The minimum absolute atomic E-state index is 0.0254. The average molecular weight is 464 g/mol. The fourth-order valence-corrected chi connectivity index (χ4v) is 3.95. The van der Waals surface area contributed by atoms with Gasteiger partial charge in [-0.05, 0) is 62.5 Å². The van der Waals surface area contributed by atoms with Crippen LogP contribution in [0.2, 0.25) is 0 Å². The number of nitrogens with one attached hydrogen (secondary N) is 1. The molecular formula is C21H16F4N4O2S. The molecule has 1 fully saturated rings. The van der Waals surface area contributed by atoms with Gasteiger partial charge in [0.1, 0.15) is 11.4 Å². The Labute approximate surface area is 186 Å². The average Bonchev–Trinajstić information content (AvgIpc) is 2.90. The van der Waals surface area contributed by atoms with Crippen LogP contribution in [-0.4, -0.2) is 29.5 Å². The van der Waals surface area contributed by atoms with Crippen LogP contribution in [0.5, 0.6) is 0 Å². The van der Waals surface area contributed by atoms with Gasteiger partial charge in [0, 0.05) is 12.7 Å². The fraction of sp³-hybridized carbons (Fsp3) is 0.238. The second kappa shape index (κ2) is 7.87. The number of hydrogen-bond acceptors (Lipinski definition) is 4. The number of benzene rings is 2. The summed E-state index contributed by atoms with van der Waals surface area (Å²) < 4.78 is 53.9. The molecule has 2 aromatic rings. The smallest absolute Gasteiger partial charge is 0.355 e.